The number of hydrogen-bond donors (Lipinski definition) is 0. The van der Waals surface area contributed by atoms with Crippen molar-refractivity contribution in [2.45, 2.75) is 32.2 Å². The van der Waals surface area contributed by atoms with Crippen LogP contribution in [0.5, 0.6) is 0 Å². The number of piperazine rings is 1. The summed E-state index contributed by atoms with van der Waals surface area (Å²) in [5.41, 5.74) is 4.79. The van der Waals surface area contributed by atoms with E-state index in [0.29, 0.717) is 6.54 Å². The van der Waals surface area contributed by atoms with Gasteiger partial charge in [-0.15, -0.1) is 11.3 Å². The molecule has 0 spiro atoms. The Kier molecular flexibility index (Phi) is 8.17. The highest BCUT2D eigenvalue weighted by Crippen LogP contribution is 2.38. The Morgan fingerprint density at radius 2 is 1.62 bits per heavy atom. The van der Waals surface area contributed by atoms with Gasteiger partial charge in [0.05, 0.1) is 6.04 Å². The van der Waals surface area contributed by atoms with E-state index in [4.69, 9.17) is 0 Å². The van der Waals surface area contributed by atoms with Crippen molar-refractivity contribution in [3.63, 3.8) is 0 Å². The van der Waals surface area contributed by atoms with Crippen LogP contribution in [-0.4, -0.2) is 65.8 Å². The highest BCUT2D eigenvalue weighted by molar-refractivity contribution is 7.10. The SMILES string of the molecule is Cc1ccc(C2c3ccsc3CCN2C(=O)CCC(=O)N2CCN(C/C=C/c3ccccc3)CC2)cc1. The third-order valence-electron chi connectivity index (χ3n) is 7.43. The minimum atomic E-state index is -0.0642. The van der Waals surface area contributed by atoms with E-state index >= 15 is 0 Å². The van der Waals surface area contributed by atoms with Gasteiger partial charge in [-0.3, -0.25) is 14.5 Å². The van der Waals surface area contributed by atoms with Gasteiger partial charge in [0.25, 0.3) is 0 Å². The number of carbonyl (C=O) groups excluding carboxylic acids is 2. The van der Waals surface area contributed by atoms with E-state index in [0.717, 1.165) is 44.7 Å². The molecule has 1 saturated heterocycles. The number of aryl methyl sites for hydroxylation is 1. The smallest absolute Gasteiger partial charge is 0.223 e. The minimum absolute atomic E-state index is 0.0642. The summed E-state index contributed by atoms with van der Waals surface area (Å²) in [6, 6.07) is 20.9. The van der Waals surface area contributed by atoms with Crippen molar-refractivity contribution in [1.29, 1.82) is 0 Å². The van der Waals surface area contributed by atoms with E-state index in [1.807, 2.05) is 28.0 Å². The molecule has 3 aromatic rings. The topological polar surface area (TPSA) is 43.9 Å². The predicted octanol–water partition coefficient (Wildman–Crippen LogP) is 5.17. The van der Waals surface area contributed by atoms with Gasteiger partial charge in [0.15, 0.2) is 0 Å². The van der Waals surface area contributed by atoms with Crippen LogP contribution in [-0.2, 0) is 16.0 Å². The van der Waals surface area contributed by atoms with Gasteiger partial charge >= 0.3 is 0 Å². The molecule has 2 aliphatic rings. The van der Waals surface area contributed by atoms with Gasteiger partial charge in [-0.2, -0.15) is 0 Å². The molecule has 0 saturated carbocycles. The molecular weight excluding hydrogens is 478 g/mol. The molecule has 6 heteroatoms. The standard InChI is InChI=1S/C31H35N3O2S/c1-24-9-11-26(12-10-24)31-27-16-23-37-28(27)15-18-34(31)30(36)14-13-29(35)33-21-19-32(20-22-33)17-5-8-25-6-3-2-4-7-25/h2-12,16,23,31H,13-15,17-22H2,1H3/b8-5+. The number of thiophene rings is 1. The van der Waals surface area contributed by atoms with Crippen molar-refractivity contribution in [3.8, 4) is 0 Å². The summed E-state index contributed by atoms with van der Waals surface area (Å²) in [6.45, 7) is 6.84. The van der Waals surface area contributed by atoms with E-state index in [1.165, 1.54) is 21.6 Å². The maximum absolute atomic E-state index is 13.4. The number of fused-ring (bicyclic) bond motifs is 1. The van der Waals surface area contributed by atoms with Crippen molar-refractivity contribution in [3.05, 3.63) is 99.3 Å². The fraction of sp³-hybridized carbons (Fsp3) is 0.355. The first kappa shape index (κ1) is 25.4. The summed E-state index contributed by atoms with van der Waals surface area (Å²) in [5, 5.41) is 2.13. The number of nitrogens with zero attached hydrogens (tertiary/aromatic N) is 3. The number of hydrogen-bond acceptors (Lipinski definition) is 4. The molecule has 1 unspecified atom stereocenters. The third kappa shape index (κ3) is 6.20. The molecule has 2 aliphatic heterocycles. The van der Waals surface area contributed by atoms with Crippen molar-refractivity contribution >= 4 is 29.2 Å². The molecule has 1 atom stereocenters. The van der Waals surface area contributed by atoms with Crippen molar-refractivity contribution in [1.82, 2.24) is 14.7 Å². The summed E-state index contributed by atoms with van der Waals surface area (Å²) in [7, 11) is 0. The molecular formula is C31H35N3O2S. The van der Waals surface area contributed by atoms with Gasteiger partial charge < -0.3 is 9.80 Å². The van der Waals surface area contributed by atoms with Gasteiger partial charge in [0.2, 0.25) is 11.8 Å². The highest BCUT2D eigenvalue weighted by atomic mass is 32.1. The molecule has 1 aromatic heterocycles. The zero-order valence-corrected chi connectivity index (χ0v) is 22.3. The third-order valence-corrected chi connectivity index (χ3v) is 8.43. The molecule has 1 fully saturated rings. The molecule has 0 N–H and O–H groups in total. The van der Waals surface area contributed by atoms with E-state index in [9.17, 15) is 9.59 Å². The molecule has 192 valence electrons. The maximum atomic E-state index is 13.4. The van der Waals surface area contributed by atoms with Gasteiger partial charge in [-0.1, -0.05) is 72.3 Å². The lowest BCUT2D eigenvalue weighted by molar-refractivity contribution is -0.139. The first-order chi connectivity index (χ1) is 18.1. The monoisotopic (exact) mass is 513 g/mol. The lowest BCUT2D eigenvalue weighted by Gasteiger charge is -2.37. The molecule has 0 bridgehead atoms. The van der Waals surface area contributed by atoms with Crippen molar-refractivity contribution < 1.29 is 9.59 Å². The Morgan fingerprint density at radius 1 is 0.892 bits per heavy atom. The second-order valence-electron chi connectivity index (χ2n) is 9.94. The molecule has 3 heterocycles. The summed E-state index contributed by atoms with van der Waals surface area (Å²) < 4.78 is 0. The van der Waals surface area contributed by atoms with E-state index in [-0.39, 0.29) is 30.7 Å². The number of benzene rings is 2. The normalized spacial score (nSPS) is 18.2. The summed E-state index contributed by atoms with van der Waals surface area (Å²) >= 11 is 1.77. The van der Waals surface area contributed by atoms with Crippen molar-refractivity contribution in [2.24, 2.45) is 0 Å². The average molecular weight is 514 g/mol. The highest BCUT2D eigenvalue weighted by Gasteiger charge is 2.33. The quantitative estimate of drug-likeness (QED) is 0.438. The van der Waals surface area contributed by atoms with Crippen LogP contribution in [0, 0.1) is 6.92 Å². The number of carbonyl (C=O) groups is 2. The Balaban J connectivity index is 1.13. The fourth-order valence-electron chi connectivity index (χ4n) is 5.29. The van der Waals surface area contributed by atoms with Gasteiger partial charge in [0.1, 0.15) is 0 Å². The average Bonchev–Trinajstić information content (AvgIpc) is 3.42. The van der Waals surface area contributed by atoms with Crippen LogP contribution >= 0.6 is 11.3 Å². The largest absolute Gasteiger partial charge is 0.340 e. The Bertz CT molecular complexity index is 1230. The van der Waals surface area contributed by atoms with Gasteiger partial charge in [-0.05, 0) is 41.5 Å². The second-order valence-corrected chi connectivity index (χ2v) is 10.9. The lowest BCUT2D eigenvalue weighted by Crippen LogP contribution is -2.48. The van der Waals surface area contributed by atoms with E-state index in [2.05, 4.69) is 71.8 Å². The zero-order chi connectivity index (χ0) is 25.6. The van der Waals surface area contributed by atoms with Crippen LogP contribution in [0.1, 0.15) is 46.0 Å². The Morgan fingerprint density at radius 3 is 2.38 bits per heavy atom. The Labute approximate surface area is 224 Å². The summed E-state index contributed by atoms with van der Waals surface area (Å²) in [6.07, 6.45) is 5.76. The van der Waals surface area contributed by atoms with Crippen LogP contribution in [0.4, 0.5) is 0 Å². The molecule has 5 nitrogen and oxygen atoms in total. The first-order valence-electron chi connectivity index (χ1n) is 13.2. The van der Waals surface area contributed by atoms with Crippen LogP contribution in [0.3, 0.4) is 0 Å². The molecule has 0 aliphatic carbocycles. The van der Waals surface area contributed by atoms with Gasteiger partial charge in [0, 0.05) is 57.0 Å². The van der Waals surface area contributed by atoms with Gasteiger partial charge in [-0.25, -0.2) is 0 Å². The molecule has 2 aromatic carbocycles. The summed E-state index contributed by atoms with van der Waals surface area (Å²) in [5.74, 6) is 0.161. The van der Waals surface area contributed by atoms with Crippen LogP contribution in [0.15, 0.2) is 72.1 Å². The zero-order valence-electron chi connectivity index (χ0n) is 21.5. The minimum Gasteiger partial charge on any atom is -0.340 e. The predicted molar refractivity (Wildman–Crippen MR) is 150 cm³/mol. The maximum Gasteiger partial charge on any atom is 0.223 e. The Hall–Kier alpha value is -3.22. The van der Waals surface area contributed by atoms with Crippen molar-refractivity contribution in [2.75, 3.05) is 39.3 Å². The molecule has 0 radical (unpaired) electrons. The molecule has 2 amide bonds. The lowest BCUT2D eigenvalue weighted by atomic mass is 9.92. The van der Waals surface area contributed by atoms with E-state index < -0.39 is 0 Å². The van der Waals surface area contributed by atoms with Crippen LogP contribution in [0.2, 0.25) is 0 Å². The van der Waals surface area contributed by atoms with Crippen LogP contribution in [0.25, 0.3) is 6.08 Å². The second kappa shape index (κ2) is 11.9. The number of amides is 2. The van der Waals surface area contributed by atoms with Crippen LogP contribution < -0.4 is 0 Å². The molecule has 5 rings (SSSR count). The van der Waals surface area contributed by atoms with E-state index in [1.54, 1.807) is 11.3 Å². The number of rotatable bonds is 7. The molecule has 37 heavy (non-hydrogen) atoms. The fourth-order valence-corrected chi connectivity index (χ4v) is 6.19. The first-order valence-corrected chi connectivity index (χ1v) is 14.1. The summed E-state index contributed by atoms with van der Waals surface area (Å²) in [4.78, 5) is 34.0.